The van der Waals surface area contributed by atoms with Crippen LogP contribution in [0.25, 0.3) is 21.9 Å². The first kappa shape index (κ1) is 13.4. The lowest BCUT2D eigenvalue weighted by Crippen LogP contribution is -2.07. The predicted octanol–water partition coefficient (Wildman–Crippen LogP) is 3.16. The number of rotatable bonds is 4. The topological polar surface area (TPSA) is 83.5 Å². The average Bonchev–Trinajstić information content (AvgIpc) is 3.13. The molecule has 7 heteroatoms. The summed E-state index contributed by atoms with van der Waals surface area (Å²) in [6.07, 6.45) is 6.23. The summed E-state index contributed by atoms with van der Waals surface area (Å²) in [6, 6.07) is 8.63. The van der Waals surface area contributed by atoms with Gasteiger partial charge in [-0.3, -0.25) is 5.10 Å². The van der Waals surface area contributed by atoms with Crippen LogP contribution in [0.3, 0.4) is 0 Å². The summed E-state index contributed by atoms with van der Waals surface area (Å²) in [5.41, 5.74) is 2.83. The minimum absolute atomic E-state index is 0.539. The number of H-pyrrole nitrogens is 1. The van der Waals surface area contributed by atoms with Crippen LogP contribution in [0.5, 0.6) is 0 Å². The van der Waals surface area contributed by atoms with Crippen LogP contribution >= 0.6 is 0 Å². The van der Waals surface area contributed by atoms with Gasteiger partial charge in [-0.2, -0.15) is 15.1 Å². The maximum atomic E-state index is 4.68. The highest BCUT2D eigenvalue weighted by atomic mass is 15.2. The van der Waals surface area contributed by atoms with Crippen LogP contribution in [0.4, 0.5) is 17.5 Å². The second-order valence-electron chi connectivity index (χ2n) is 6.28. The van der Waals surface area contributed by atoms with Crippen molar-refractivity contribution in [2.75, 3.05) is 10.6 Å². The molecular weight excluding hydrogens is 302 g/mol. The molecule has 0 unspecified atom stereocenters. The fourth-order valence-corrected chi connectivity index (χ4v) is 2.87. The third-order valence-electron chi connectivity index (χ3n) is 4.34. The Balaban J connectivity index is 1.56. The summed E-state index contributed by atoms with van der Waals surface area (Å²) in [6.45, 7) is 0. The van der Waals surface area contributed by atoms with Gasteiger partial charge in [0.1, 0.15) is 11.5 Å². The van der Waals surface area contributed by atoms with Gasteiger partial charge < -0.3 is 15.2 Å². The monoisotopic (exact) mass is 319 g/mol. The van der Waals surface area contributed by atoms with Crippen molar-refractivity contribution in [2.24, 2.45) is 7.05 Å². The Morgan fingerprint density at radius 2 is 2.12 bits per heavy atom. The molecular formula is C17H17N7. The van der Waals surface area contributed by atoms with Gasteiger partial charge in [0.2, 0.25) is 5.95 Å². The summed E-state index contributed by atoms with van der Waals surface area (Å²) in [4.78, 5) is 9.35. The summed E-state index contributed by atoms with van der Waals surface area (Å²) < 4.78 is 2.01. The number of benzene rings is 1. The van der Waals surface area contributed by atoms with Crippen molar-refractivity contribution in [2.45, 2.75) is 18.9 Å². The molecule has 1 aliphatic rings. The van der Waals surface area contributed by atoms with Gasteiger partial charge in [0.15, 0.2) is 0 Å². The molecule has 120 valence electrons. The third kappa shape index (κ3) is 2.25. The van der Waals surface area contributed by atoms with Crippen LogP contribution < -0.4 is 10.6 Å². The van der Waals surface area contributed by atoms with Crippen molar-refractivity contribution in [3.63, 3.8) is 0 Å². The van der Waals surface area contributed by atoms with Gasteiger partial charge in [-0.15, -0.1) is 0 Å². The van der Waals surface area contributed by atoms with E-state index in [4.69, 9.17) is 0 Å². The highest BCUT2D eigenvalue weighted by Gasteiger charge is 2.23. The van der Waals surface area contributed by atoms with Crippen molar-refractivity contribution in [1.82, 2.24) is 24.7 Å². The quantitative estimate of drug-likeness (QED) is 0.538. The van der Waals surface area contributed by atoms with E-state index in [1.54, 1.807) is 0 Å². The Kier molecular flexibility index (Phi) is 2.76. The van der Waals surface area contributed by atoms with Crippen molar-refractivity contribution in [1.29, 1.82) is 0 Å². The molecule has 0 radical (unpaired) electrons. The summed E-state index contributed by atoms with van der Waals surface area (Å²) in [5, 5.41) is 16.0. The Hall–Kier alpha value is -3.09. The molecule has 0 saturated heterocycles. The average molecular weight is 319 g/mol. The lowest BCUT2D eigenvalue weighted by atomic mass is 10.2. The fraction of sp³-hybridized carbons (Fsp3) is 0.235. The van der Waals surface area contributed by atoms with E-state index in [1.807, 2.05) is 42.2 Å². The smallest absolute Gasteiger partial charge is 0.231 e. The number of nitrogens with one attached hydrogen (secondary N) is 3. The van der Waals surface area contributed by atoms with Crippen molar-refractivity contribution >= 4 is 39.4 Å². The number of nitrogens with zero attached hydrogens (tertiary/aromatic N) is 4. The Bertz CT molecular complexity index is 1040. The molecule has 0 spiro atoms. The highest BCUT2D eigenvalue weighted by Crippen LogP contribution is 2.30. The summed E-state index contributed by atoms with van der Waals surface area (Å²) >= 11 is 0. The van der Waals surface area contributed by atoms with Gasteiger partial charge in [-0.1, -0.05) is 0 Å². The van der Waals surface area contributed by atoms with Crippen LogP contribution in [0.2, 0.25) is 0 Å². The van der Waals surface area contributed by atoms with E-state index in [1.165, 1.54) is 12.8 Å². The molecule has 1 aromatic carbocycles. The summed E-state index contributed by atoms with van der Waals surface area (Å²) in [7, 11) is 2.00. The zero-order chi connectivity index (χ0) is 16.1. The molecule has 0 amide bonds. The van der Waals surface area contributed by atoms with Crippen molar-refractivity contribution in [3.05, 3.63) is 36.7 Å². The predicted molar refractivity (Wildman–Crippen MR) is 94.5 cm³/mol. The molecule has 3 N–H and O–H groups in total. The highest BCUT2D eigenvalue weighted by molar-refractivity contribution is 5.89. The third-order valence-corrected chi connectivity index (χ3v) is 4.34. The fourth-order valence-electron chi connectivity index (χ4n) is 2.87. The molecule has 24 heavy (non-hydrogen) atoms. The van der Waals surface area contributed by atoms with E-state index < -0.39 is 0 Å². The van der Waals surface area contributed by atoms with Crippen molar-refractivity contribution < 1.29 is 0 Å². The molecule has 4 aromatic rings. The minimum Gasteiger partial charge on any atom is -0.367 e. The largest absolute Gasteiger partial charge is 0.367 e. The molecule has 5 rings (SSSR count). The van der Waals surface area contributed by atoms with E-state index in [0.29, 0.717) is 12.0 Å². The van der Waals surface area contributed by atoms with E-state index in [2.05, 4.69) is 36.9 Å². The number of fused-ring (bicyclic) bond motifs is 2. The lowest BCUT2D eigenvalue weighted by molar-refractivity contribution is 0.944. The van der Waals surface area contributed by atoms with Gasteiger partial charge in [0.25, 0.3) is 0 Å². The minimum atomic E-state index is 0.539. The maximum Gasteiger partial charge on any atom is 0.231 e. The maximum absolute atomic E-state index is 4.68. The van der Waals surface area contributed by atoms with E-state index in [-0.39, 0.29) is 0 Å². The molecule has 0 aliphatic heterocycles. The first-order valence-electron chi connectivity index (χ1n) is 8.06. The van der Waals surface area contributed by atoms with E-state index in [9.17, 15) is 0 Å². The summed E-state index contributed by atoms with van der Waals surface area (Å²) in [5.74, 6) is 1.49. The first-order valence-corrected chi connectivity index (χ1v) is 8.06. The number of anilines is 3. The molecule has 1 fully saturated rings. The molecule has 3 heterocycles. The van der Waals surface area contributed by atoms with Crippen LogP contribution in [-0.2, 0) is 7.05 Å². The molecule has 1 aliphatic carbocycles. The molecule has 0 bridgehead atoms. The number of hydrogen-bond acceptors (Lipinski definition) is 5. The standard InChI is InChI=1S/C17H17N7/c1-24-7-6-13-15(19-11-4-5-11)21-17(22-16(13)24)20-12-3-2-10-9-18-23-14(10)8-12/h2-3,6-9,11H,4-5H2,1H3,(H,18,23)(H2,19,20,21,22). The van der Waals surface area contributed by atoms with Crippen molar-refractivity contribution in [3.8, 4) is 0 Å². The van der Waals surface area contributed by atoms with Crippen LogP contribution in [0.15, 0.2) is 36.7 Å². The van der Waals surface area contributed by atoms with Gasteiger partial charge in [-0.25, -0.2) is 0 Å². The van der Waals surface area contributed by atoms with Crippen LogP contribution in [0, 0.1) is 0 Å². The van der Waals surface area contributed by atoms with Gasteiger partial charge in [0.05, 0.1) is 17.1 Å². The van der Waals surface area contributed by atoms with Gasteiger partial charge in [-0.05, 0) is 37.1 Å². The molecule has 7 nitrogen and oxygen atoms in total. The van der Waals surface area contributed by atoms with E-state index in [0.717, 1.165) is 33.4 Å². The first-order chi connectivity index (χ1) is 11.8. The normalized spacial score (nSPS) is 14.4. The number of aryl methyl sites for hydroxylation is 1. The van der Waals surface area contributed by atoms with Crippen LogP contribution in [0.1, 0.15) is 12.8 Å². The SMILES string of the molecule is Cn1ccc2c(NC3CC3)nc(Nc3ccc4cn[nH]c4c3)nc21. The zero-order valence-corrected chi connectivity index (χ0v) is 13.2. The van der Waals surface area contributed by atoms with Crippen LogP contribution in [-0.4, -0.2) is 30.8 Å². The Labute approximate surface area is 138 Å². The molecule has 0 atom stereocenters. The van der Waals surface area contributed by atoms with E-state index >= 15 is 0 Å². The zero-order valence-electron chi connectivity index (χ0n) is 13.2. The Morgan fingerprint density at radius 3 is 3.00 bits per heavy atom. The van der Waals surface area contributed by atoms with Gasteiger partial charge >= 0.3 is 0 Å². The lowest BCUT2D eigenvalue weighted by Gasteiger charge is -2.10. The number of hydrogen-bond donors (Lipinski definition) is 3. The number of aromatic nitrogens is 5. The molecule has 3 aromatic heterocycles. The number of aromatic amines is 1. The molecule has 1 saturated carbocycles. The second-order valence-corrected chi connectivity index (χ2v) is 6.28. The Morgan fingerprint density at radius 1 is 1.21 bits per heavy atom. The van der Waals surface area contributed by atoms with Gasteiger partial charge in [0, 0.05) is 30.4 Å². The second kappa shape index (κ2) is 4.95.